The van der Waals surface area contributed by atoms with Crippen molar-refractivity contribution in [2.45, 2.75) is 44.8 Å². The Hall–Kier alpha value is -2.73. The quantitative estimate of drug-likeness (QED) is 0.678. The minimum Gasteiger partial charge on any atom is -0.497 e. The molecule has 2 atom stereocenters. The molecular formula is C27H33NO5. The average Bonchev–Trinajstić information content (AvgIpc) is 2.83. The van der Waals surface area contributed by atoms with Gasteiger partial charge in [-0.2, -0.15) is 0 Å². The van der Waals surface area contributed by atoms with E-state index >= 15 is 0 Å². The number of hydrogen-bond donors (Lipinski definition) is 0. The van der Waals surface area contributed by atoms with Crippen molar-refractivity contribution in [3.05, 3.63) is 54.1 Å². The zero-order valence-corrected chi connectivity index (χ0v) is 19.7. The Balaban J connectivity index is 1.24. The zero-order valence-electron chi connectivity index (χ0n) is 19.7. The number of nitrogens with zero attached hydrogens (tertiary/aromatic N) is 1. The number of ether oxygens (including phenoxy) is 4. The van der Waals surface area contributed by atoms with Crippen molar-refractivity contribution in [2.24, 2.45) is 11.3 Å². The van der Waals surface area contributed by atoms with Crippen LogP contribution in [-0.4, -0.2) is 49.8 Å². The van der Waals surface area contributed by atoms with Crippen molar-refractivity contribution in [2.75, 3.05) is 33.4 Å². The average molecular weight is 452 g/mol. The lowest BCUT2D eigenvalue weighted by molar-refractivity contribution is -0.176. The number of benzene rings is 2. The molecule has 0 unspecified atom stereocenters. The molecule has 176 valence electrons. The lowest BCUT2D eigenvalue weighted by atomic mass is 9.64. The summed E-state index contributed by atoms with van der Waals surface area (Å²) in [5.74, 6) is 2.73. The molecule has 0 N–H and O–H groups in total. The van der Waals surface area contributed by atoms with E-state index in [0.717, 1.165) is 55.2 Å². The summed E-state index contributed by atoms with van der Waals surface area (Å²) in [7, 11) is 1.68. The van der Waals surface area contributed by atoms with E-state index in [9.17, 15) is 4.79 Å². The van der Waals surface area contributed by atoms with Gasteiger partial charge in [-0.05, 0) is 68.9 Å². The molecule has 1 amide bonds. The summed E-state index contributed by atoms with van der Waals surface area (Å²) >= 11 is 0. The Morgan fingerprint density at radius 2 is 1.85 bits per heavy atom. The highest BCUT2D eigenvalue weighted by molar-refractivity contribution is 5.77. The molecule has 0 saturated carbocycles. The van der Waals surface area contributed by atoms with Gasteiger partial charge in [0.15, 0.2) is 6.61 Å². The highest BCUT2D eigenvalue weighted by atomic mass is 16.5. The van der Waals surface area contributed by atoms with Gasteiger partial charge in [-0.25, -0.2) is 0 Å². The van der Waals surface area contributed by atoms with Crippen molar-refractivity contribution in [1.82, 2.24) is 4.90 Å². The highest BCUT2D eigenvalue weighted by Crippen LogP contribution is 2.55. The molecule has 2 fully saturated rings. The maximum Gasteiger partial charge on any atom is 0.260 e. The third-order valence-corrected chi connectivity index (χ3v) is 7.66. The fourth-order valence-corrected chi connectivity index (χ4v) is 5.59. The van der Waals surface area contributed by atoms with Gasteiger partial charge in [-0.3, -0.25) is 4.79 Å². The van der Waals surface area contributed by atoms with Crippen molar-refractivity contribution >= 4 is 5.91 Å². The summed E-state index contributed by atoms with van der Waals surface area (Å²) in [6.45, 7) is 6.60. The molecule has 6 nitrogen and oxygen atoms in total. The van der Waals surface area contributed by atoms with Gasteiger partial charge in [0.2, 0.25) is 0 Å². The van der Waals surface area contributed by atoms with Crippen LogP contribution in [0.2, 0.25) is 0 Å². The van der Waals surface area contributed by atoms with Crippen LogP contribution >= 0.6 is 0 Å². The monoisotopic (exact) mass is 451 g/mol. The summed E-state index contributed by atoms with van der Waals surface area (Å²) in [6.07, 6.45) is 2.91. The summed E-state index contributed by atoms with van der Waals surface area (Å²) < 4.78 is 24.1. The Bertz CT molecular complexity index is 997. The number of likely N-dealkylation sites (tertiary alicyclic amines) is 1. The highest BCUT2D eigenvalue weighted by Gasteiger charge is 2.53. The number of carbonyl (C=O) groups excluding carboxylic acids is 1. The van der Waals surface area contributed by atoms with E-state index in [1.54, 1.807) is 7.11 Å². The van der Waals surface area contributed by atoms with Crippen molar-refractivity contribution in [3.8, 4) is 17.2 Å². The molecule has 0 bridgehead atoms. The van der Waals surface area contributed by atoms with Crippen molar-refractivity contribution in [1.29, 1.82) is 0 Å². The van der Waals surface area contributed by atoms with Crippen LogP contribution in [0.5, 0.6) is 17.2 Å². The summed E-state index contributed by atoms with van der Waals surface area (Å²) in [6, 6.07) is 15.5. The van der Waals surface area contributed by atoms with Crippen LogP contribution in [0.15, 0.2) is 48.5 Å². The normalized spacial score (nSPS) is 24.9. The number of para-hydroxylation sites is 1. The molecule has 6 heteroatoms. The largest absolute Gasteiger partial charge is 0.497 e. The molecule has 1 spiro atoms. The smallest absolute Gasteiger partial charge is 0.260 e. The van der Waals surface area contributed by atoms with Gasteiger partial charge in [-0.15, -0.1) is 0 Å². The van der Waals surface area contributed by atoms with Crippen LogP contribution in [-0.2, 0) is 9.53 Å². The SMILES string of the molecule is COc1ccc2c(c1)[C@H]1OCC3(CCN(C(=O)COc4ccccc4)CC3)C[C@@H]1C(C)(C)O2. The van der Waals surface area contributed by atoms with Crippen LogP contribution in [0.25, 0.3) is 0 Å². The maximum absolute atomic E-state index is 12.7. The molecule has 3 aliphatic heterocycles. The van der Waals surface area contributed by atoms with E-state index < -0.39 is 0 Å². The maximum atomic E-state index is 12.7. The molecular weight excluding hydrogens is 418 g/mol. The van der Waals surface area contributed by atoms with E-state index in [1.165, 1.54) is 0 Å². The first-order valence-corrected chi connectivity index (χ1v) is 11.8. The predicted molar refractivity (Wildman–Crippen MR) is 125 cm³/mol. The molecule has 2 aromatic rings. The Labute approximate surface area is 195 Å². The number of fused-ring (bicyclic) bond motifs is 3. The molecule has 0 radical (unpaired) electrons. The standard InChI is InChI=1S/C27H33NO5/c1-26(2)22-16-27(18-32-25(22)21-15-20(30-3)9-10-23(21)33-26)11-13-28(14-12-27)24(29)17-31-19-7-5-4-6-8-19/h4-10,15,22,25H,11-14,16-18H2,1-3H3/t22-,25+/m0/s1. The minimum atomic E-state index is -0.323. The number of amides is 1. The van der Waals surface area contributed by atoms with Gasteiger partial charge in [0, 0.05) is 24.6 Å². The van der Waals surface area contributed by atoms with Gasteiger partial charge in [-0.1, -0.05) is 18.2 Å². The Morgan fingerprint density at radius 1 is 1.09 bits per heavy atom. The summed E-state index contributed by atoms with van der Waals surface area (Å²) in [4.78, 5) is 14.6. The molecule has 2 aromatic carbocycles. The van der Waals surface area contributed by atoms with Gasteiger partial charge >= 0.3 is 0 Å². The predicted octanol–water partition coefficient (Wildman–Crippen LogP) is 4.63. The van der Waals surface area contributed by atoms with Crippen LogP contribution in [0.4, 0.5) is 0 Å². The van der Waals surface area contributed by atoms with Gasteiger partial charge in [0.1, 0.15) is 22.8 Å². The number of carbonyl (C=O) groups is 1. The van der Waals surface area contributed by atoms with E-state index in [2.05, 4.69) is 13.8 Å². The number of piperidine rings is 1. The third kappa shape index (κ3) is 4.29. The lowest BCUT2D eigenvalue weighted by Gasteiger charge is -2.54. The van der Waals surface area contributed by atoms with Crippen LogP contribution in [0, 0.1) is 11.3 Å². The molecule has 3 heterocycles. The number of rotatable bonds is 4. The number of hydrogen-bond acceptors (Lipinski definition) is 5. The van der Waals surface area contributed by atoms with Crippen LogP contribution in [0.3, 0.4) is 0 Å². The first kappa shape index (κ1) is 22.1. The Morgan fingerprint density at radius 3 is 2.58 bits per heavy atom. The van der Waals surface area contributed by atoms with Gasteiger partial charge in [0.05, 0.1) is 19.8 Å². The molecule has 2 saturated heterocycles. The second kappa shape index (κ2) is 8.56. The summed E-state index contributed by atoms with van der Waals surface area (Å²) in [5.41, 5.74) is 0.838. The van der Waals surface area contributed by atoms with Crippen LogP contribution in [0.1, 0.15) is 44.8 Å². The second-order valence-electron chi connectivity index (χ2n) is 10.1. The van der Waals surface area contributed by atoms with Gasteiger partial charge < -0.3 is 23.8 Å². The first-order valence-electron chi connectivity index (χ1n) is 11.8. The molecule has 5 rings (SSSR count). The van der Waals surface area contributed by atoms with E-state index in [4.69, 9.17) is 18.9 Å². The van der Waals surface area contributed by atoms with Gasteiger partial charge in [0.25, 0.3) is 5.91 Å². The fraction of sp³-hybridized carbons (Fsp3) is 0.519. The second-order valence-corrected chi connectivity index (χ2v) is 10.1. The zero-order chi connectivity index (χ0) is 23.1. The Kier molecular flexibility index (Phi) is 5.73. The van der Waals surface area contributed by atoms with E-state index in [1.807, 2.05) is 53.4 Å². The van der Waals surface area contributed by atoms with Crippen molar-refractivity contribution < 1.29 is 23.7 Å². The van der Waals surface area contributed by atoms with E-state index in [0.29, 0.717) is 6.61 Å². The first-order chi connectivity index (χ1) is 15.9. The summed E-state index contributed by atoms with van der Waals surface area (Å²) in [5, 5.41) is 0. The third-order valence-electron chi connectivity index (χ3n) is 7.66. The van der Waals surface area contributed by atoms with Crippen LogP contribution < -0.4 is 14.2 Å². The number of methoxy groups -OCH3 is 1. The molecule has 0 aromatic heterocycles. The van der Waals surface area contributed by atoms with Crippen molar-refractivity contribution in [3.63, 3.8) is 0 Å². The fourth-order valence-electron chi connectivity index (χ4n) is 5.59. The molecule has 0 aliphatic carbocycles. The van der Waals surface area contributed by atoms with E-state index in [-0.39, 0.29) is 35.6 Å². The molecule has 3 aliphatic rings. The topological polar surface area (TPSA) is 57.2 Å². The molecule has 33 heavy (non-hydrogen) atoms. The lowest BCUT2D eigenvalue weighted by Crippen LogP contribution is -2.55. The minimum absolute atomic E-state index is 0.00316.